The van der Waals surface area contributed by atoms with Crippen molar-refractivity contribution in [3.63, 3.8) is 0 Å². The maximum absolute atomic E-state index is 12.5. The van der Waals surface area contributed by atoms with Gasteiger partial charge in [0.2, 0.25) is 0 Å². The summed E-state index contributed by atoms with van der Waals surface area (Å²) in [7, 11) is 3.44. The summed E-state index contributed by atoms with van der Waals surface area (Å²) in [6, 6.07) is 15.1. The van der Waals surface area contributed by atoms with Crippen LogP contribution in [0.25, 0.3) is 6.08 Å². The number of nitrogens with zero attached hydrogens (tertiary/aromatic N) is 2. The molecule has 0 spiro atoms. The molecule has 0 fully saturated rings. The molecule has 0 aliphatic rings. The summed E-state index contributed by atoms with van der Waals surface area (Å²) >= 11 is 0. The van der Waals surface area contributed by atoms with E-state index in [1.54, 1.807) is 43.3 Å². The first-order chi connectivity index (χ1) is 11.9. The molecule has 0 saturated carbocycles. The first-order valence-corrected chi connectivity index (χ1v) is 8.30. The third-order valence-corrected chi connectivity index (χ3v) is 3.88. The second-order valence-electron chi connectivity index (χ2n) is 6.08. The molecule has 0 heterocycles. The molecule has 0 radical (unpaired) electrons. The Morgan fingerprint density at radius 1 is 1.04 bits per heavy atom. The number of hydrogen-bond donors (Lipinski definition) is 0. The molecule has 2 amide bonds. The van der Waals surface area contributed by atoms with Gasteiger partial charge in [0.15, 0.2) is 0 Å². The SMILES string of the molecule is CCN(C(=O)/C=C/c1ccc(C(=O)N(C)C)cc1)c1cccc(C)c1. The van der Waals surface area contributed by atoms with E-state index in [4.69, 9.17) is 0 Å². The molecule has 0 unspecified atom stereocenters. The molecule has 0 aliphatic carbocycles. The van der Waals surface area contributed by atoms with Gasteiger partial charge in [0.05, 0.1) is 0 Å². The molecule has 0 aliphatic heterocycles. The molecule has 0 N–H and O–H groups in total. The van der Waals surface area contributed by atoms with Crippen LogP contribution < -0.4 is 4.90 Å². The Morgan fingerprint density at radius 3 is 2.28 bits per heavy atom. The maximum Gasteiger partial charge on any atom is 0.253 e. The molecule has 2 aromatic carbocycles. The van der Waals surface area contributed by atoms with Crippen LogP contribution in [0.5, 0.6) is 0 Å². The number of anilines is 1. The zero-order chi connectivity index (χ0) is 18.4. The Balaban J connectivity index is 2.12. The van der Waals surface area contributed by atoms with Crippen LogP contribution in [0.3, 0.4) is 0 Å². The zero-order valence-electron chi connectivity index (χ0n) is 15.2. The molecule has 2 rings (SSSR count). The molecule has 2 aromatic rings. The van der Waals surface area contributed by atoms with E-state index in [-0.39, 0.29) is 11.8 Å². The van der Waals surface area contributed by atoms with Gasteiger partial charge < -0.3 is 9.80 Å². The molecular weight excluding hydrogens is 312 g/mol. The Labute approximate surface area is 149 Å². The van der Waals surface area contributed by atoms with Gasteiger partial charge in [0, 0.05) is 38.0 Å². The lowest BCUT2D eigenvalue weighted by molar-refractivity contribution is -0.114. The second-order valence-corrected chi connectivity index (χ2v) is 6.08. The number of benzene rings is 2. The van der Waals surface area contributed by atoms with Crippen molar-refractivity contribution in [1.82, 2.24) is 4.90 Å². The van der Waals surface area contributed by atoms with Gasteiger partial charge in [-0.05, 0) is 55.3 Å². The second kappa shape index (κ2) is 8.29. The highest BCUT2D eigenvalue weighted by Crippen LogP contribution is 2.16. The average molecular weight is 336 g/mol. The highest BCUT2D eigenvalue weighted by atomic mass is 16.2. The topological polar surface area (TPSA) is 40.6 Å². The van der Waals surface area contributed by atoms with E-state index in [9.17, 15) is 9.59 Å². The molecule has 4 heteroatoms. The minimum absolute atomic E-state index is 0.0387. The number of carbonyl (C=O) groups is 2. The van der Waals surface area contributed by atoms with Gasteiger partial charge in [0.25, 0.3) is 11.8 Å². The van der Waals surface area contributed by atoms with Gasteiger partial charge in [-0.2, -0.15) is 0 Å². The van der Waals surface area contributed by atoms with Gasteiger partial charge in [-0.1, -0.05) is 24.3 Å². The molecule has 4 nitrogen and oxygen atoms in total. The number of likely N-dealkylation sites (N-methyl/N-ethyl adjacent to an activating group) is 1. The fraction of sp³-hybridized carbons (Fsp3) is 0.238. The third-order valence-electron chi connectivity index (χ3n) is 3.88. The van der Waals surface area contributed by atoms with Crippen LogP contribution in [0.2, 0.25) is 0 Å². The highest BCUT2D eigenvalue weighted by Gasteiger charge is 2.11. The van der Waals surface area contributed by atoms with Gasteiger partial charge >= 0.3 is 0 Å². The van der Waals surface area contributed by atoms with E-state index in [2.05, 4.69) is 0 Å². The lowest BCUT2D eigenvalue weighted by Gasteiger charge is -2.19. The quantitative estimate of drug-likeness (QED) is 0.780. The zero-order valence-corrected chi connectivity index (χ0v) is 15.2. The minimum atomic E-state index is -0.0680. The van der Waals surface area contributed by atoms with E-state index < -0.39 is 0 Å². The minimum Gasteiger partial charge on any atom is -0.345 e. The fourth-order valence-corrected chi connectivity index (χ4v) is 2.51. The molecule has 0 bridgehead atoms. The summed E-state index contributed by atoms with van der Waals surface area (Å²) in [6.45, 7) is 4.56. The van der Waals surface area contributed by atoms with Crippen molar-refractivity contribution in [2.45, 2.75) is 13.8 Å². The van der Waals surface area contributed by atoms with E-state index in [1.165, 1.54) is 4.90 Å². The number of aryl methyl sites for hydroxylation is 1. The summed E-state index contributed by atoms with van der Waals surface area (Å²) in [6.07, 6.45) is 3.33. The number of carbonyl (C=O) groups excluding carboxylic acids is 2. The lowest BCUT2D eigenvalue weighted by atomic mass is 10.1. The van der Waals surface area contributed by atoms with Crippen molar-refractivity contribution in [2.75, 3.05) is 25.5 Å². The standard InChI is InChI=1S/C21H24N2O2/c1-5-23(19-8-6-7-16(2)15-19)20(24)14-11-17-9-12-18(13-10-17)21(25)22(3)4/h6-15H,5H2,1-4H3/b14-11+. The first-order valence-electron chi connectivity index (χ1n) is 8.30. The summed E-state index contributed by atoms with van der Waals surface area (Å²) in [4.78, 5) is 27.7. The van der Waals surface area contributed by atoms with E-state index >= 15 is 0 Å². The van der Waals surface area contributed by atoms with Crippen LogP contribution >= 0.6 is 0 Å². The maximum atomic E-state index is 12.5. The summed E-state index contributed by atoms with van der Waals surface area (Å²) in [5.41, 5.74) is 3.52. The molecule has 0 aromatic heterocycles. The monoisotopic (exact) mass is 336 g/mol. The van der Waals surface area contributed by atoms with Gasteiger partial charge in [0.1, 0.15) is 0 Å². The Morgan fingerprint density at radius 2 is 1.72 bits per heavy atom. The van der Waals surface area contributed by atoms with Crippen LogP contribution in [0, 0.1) is 6.92 Å². The smallest absolute Gasteiger partial charge is 0.253 e. The summed E-state index contributed by atoms with van der Waals surface area (Å²) in [5.74, 6) is -0.107. The Kier molecular flexibility index (Phi) is 6.12. The van der Waals surface area contributed by atoms with Crippen LogP contribution in [0.1, 0.15) is 28.4 Å². The fourth-order valence-electron chi connectivity index (χ4n) is 2.51. The van der Waals surface area contributed by atoms with Crippen LogP contribution in [0.15, 0.2) is 54.6 Å². The lowest BCUT2D eigenvalue weighted by Crippen LogP contribution is -2.28. The third kappa shape index (κ3) is 4.80. The molecule has 0 atom stereocenters. The molecule has 25 heavy (non-hydrogen) atoms. The number of amides is 2. The van der Waals surface area contributed by atoms with Crippen molar-refractivity contribution >= 4 is 23.6 Å². The van der Waals surface area contributed by atoms with Gasteiger partial charge in [-0.15, -0.1) is 0 Å². The normalized spacial score (nSPS) is 10.7. The van der Waals surface area contributed by atoms with Crippen molar-refractivity contribution in [3.8, 4) is 0 Å². The Bertz CT molecular complexity index is 777. The first kappa shape index (κ1) is 18.5. The van der Waals surface area contributed by atoms with Crippen molar-refractivity contribution < 1.29 is 9.59 Å². The largest absolute Gasteiger partial charge is 0.345 e. The van der Waals surface area contributed by atoms with Crippen LogP contribution in [-0.4, -0.2) is 37.4 Å². The van der Waals surface area contributed by atoms with E-state index in [1.807, 2.05) is 50.2 Å². The van der Waals surface area contributed by atoms with Gasteiger partial charge in [-0.25, -0.2) is 0 Å². The molecular formula is C21H24N2O2. The predicted molar refractivity (Wildman–Crippen MR) is 103 cm³/mol. The van der Waals surface area contributed by atoms with Crippen LogP contribution in [-0.2, 0) is 4.79 Å². The number of rotatable bonds is 5. The summed E-state index contributed by atoms with van der Waals surface area (Å²) in [5, 5.41) is 0. The molecule has 0 saturated heterocycles. The summed E-state index contributed by atoms with van der Waals surface area (Å²) < 4.78 is 0. The van der Waals surface area contributed by atoms with E-state index in [0.29, 0.717) is 12.1 Å². The van der Waals surface area contributed by atoms with Crippen molar-refractivity contribution in [1.29, 1.82) is 0 Å². The highest BCUT2D eigenvalue weighted by molar-refractivity contribution is 6.04. The van der Waals surface area contributed by atoms with Crippen molar-refractivity contribution in [3.05, 3.63) is 71.3 Å². The van der Waals surface area contributed by atoms with Gasteiger partial charge in [-0.3, -0.25) is 9.59 Å². The predicted octanol–water partition coefficient (Wildman–Crippen LogP) is 3.76. The van der Waals surface area contributed by atoms with E-state index in [0.717, 1.165) is 16.8 Å². The van der Waals surface area contributed by atoms with Crippen LogP contribution in [0.4, 0.5) is 5.69 Å². The average Bonchev–Trinajstić information content (AvgIpc) is 2.60. The molecule has 130 valence electrons. The van der Waals surface area contributed by atoms with Crippen molar-refractivity contribution in [2.24, 2.45) is 0 Å². The number of hydrogen-bond acceptors (Lipinski definition) is 2. The Hall–Kier alpha value is -2.88.